The lowest BCUT2D eigenvalue weighted by Crippen LogP contribution is -2.53. The van der Waals surface area contributed by atoms with Gasteiger partial charge in [0.1, 0.15) is 5.60 Å². The minimum absolute atomic E-state index is 0.0219. The van der Waals surface area contributed by atoms with E-state index in [9.17, 15) is 9.59 Å². The third-order valence-electron chi connectivity index (χ3n) is 7.76. The van der Waals surface area contributed by atoms with E-state index >= 15 is 0 Å². The first-order valence-electron chi connectivity index (χ1n) is 13.4. The second-order valence-electron chi connectivity index (χ2n) is 11.7. The fourth-order valence-electron chi connectivity index (χ4n) is 5.88. The van der Waals surface area contributed by atoms with Crippen LogP contribution >= 0.6 is 34.8 Å². The molecule has 0 N–H and O–H groups in total. The quantitative estimate of drug-likeness (QED) is 0.305. The molecule has 2 amide bonds. The maximum atomic E-state index is 14.0. The minimum Gasteiger partial charge on any atom is -0.444 e. The molecule has 1 unspecified atom stereocenters. The monoisotopic (exact) mass is 602 g/mol. The number of ether oxygens (including phenoxy) is 1. The smallest absolute Gasteiger partial charge is 0.410 e. The Morgan fingerprint density at radius 3 is 2.15 bits per heavy atom. The molecule has 10 heteroatoms. The van der Waals surface area contributed by atoms with E-state index in [1.165, 1.54) is 0 Å². The fourth-order valence-corrected chi connectivity index (χ4v) is 6.50. The van der Waals surface area contributed by atoms with Gasteiger partial charge >= 0.3 is 6.09 Å². The minimum atomic E-state index is -0.550. The van der Waals surface area contributed by atoms with E-state index in [2.05, 4.69) is 0 Å². The van der Waals surface area contributed by atoms with Gasteiger partial charge in [0, 0.05) is 46.3 Å². The zero-order chi connectivity index (χ0) is 28.9. The Hall–Kier alpha value is -2.74. The average Bonchev–Trinajstić information content (AvgIpc) is 3.35. The highest BCUT2D eigenvalue weighted by Gasteiger charge is 2.46. The molecular weight excluding hydrogens is 571 g/mol. The van der Waals surface area contributed by atoms with E-state index in [0.29, 0.717) is 39.3 Å². The molecule has 2 aliphatic heterocycles. The molecule has 0 aliphatic carbocycles. The number of carbonyl (C=O) groups excluding carboxylic acids is 2. The predicted molar refractivity (Wildman–Crippen MR) is 159 cm³/mol. The molecule has 2 aliphatic rings. The van der Waals surface area contributed by atoms with Crippen LogP contribution in [0.3, 0.4) is 0 Å². The number of rotatable bonds is 4. The van der Waals surface area contributed by atoms with Gasteiger partial charge in [0.25, 0.3) is 5.91 Å². The molecule has 212 valence electrons. The number of halogens is 3. The van der Waals surface area contributed by atoms with Gasteiger partial charge in [-0.3, -0.25) is 4.79 Å². The fraction of sp³-hybridized carbons (Fsp3) is 0.433. The lowest BCUT2D eigenvalue weighted by molar-refractivity contribution is -0.00117. The summed E-state index contributed by atoms with van der Waals surface area (Å²) in [5, 5.41) is 6.34. The van der Waals surface area contributed by atoms with Crippen LogP contribution in [0.2, 0.25) is 15.1 Å². The third kappa shape index (κ3) is 5.56. The molecule has 3 heterocycles. The Bertz CT molecular complexity index is 1430. The van der Waals surface area contributed by atoms with Crippen LogP contribution in [-0.4, -0.2) is 62.4 Å². The predicted octanol–water partition coefficient (Wildman–Crippen LogP) is 7.81. The summed E-state index contributed by atoms with van der Waals surface area (Å²) in [5.41, 5.74) is 2.75. The van der Waals surface area contributed by atoms with E-state index in [-0.39, 0.29) is 30.1 Å². The van der Waals surface area contributed by atoms with Gasteiger partial charge in [-0.1, -0.05) is 46.9 Å². The molecule has 2 fully saturated rings. The van der Waals surface area contributed by atoms with Crippen LogP contribution in [0.4, 0.5) is 4.79 Å². The third-order valence-corrected chi connectivity index (χ3v) is 8.55. The molecule has 0 radical (unpaired) electrons. The summed E-state index contributed by atoms with van der Waals surface area (Å²) in [6, 6.07) is 12.7. The van der Waals surface area contributed by atoms with E-state index in [1.807, 2.05) is 51.8 Å². The van der Waals surface area contributed by atoms with Crippen molar-refractivity contribution in [2.75, 3.05) is 7.05 Å². The molecule has 0 saturated carbocycles. The van der Waals surface area contributed by atoms with Crippen molar-refractivity contribution in [2.24, 2.45) is 0 Å². The van der Waals surface area contributed by atoms with Gasteiger partial charge < -0.3 is 14.5 Å². The zero-order valence-electron chi connectivity index (χ0n) is 23.2. The highest BCUT2D eigenvalue weighted by molar-refractivity contribution is 6.35. The van der Waals surface area contributed by atoms with Crippen molar-refractivity contribution < 1.29 is 14.3 Å². The average molecular weight is 604 g/mol. The number of fused-ring (bicyclic) bond motifs is 2. The number of carbonyl (C=O) groups is 2. The van der Waals surface area contributed by atoms with Gasteiger partial charge in [0.15, 0.2) is 5.69 Å². The lowest BCUT2D eigenvalue weighted by atomic mass is 9.96. The van der Waals surface area contributed by atoms with Crippen molar-refractivity contribution in [1.82, 2.24) is 19.6 Å². The SMILES string of the molecule is Cc1c(C(=O)N(C)C2C[C@H]3CC[C@@H](C2)N3C(=O)OC(C)(C)C)nn(-c2ccc(Cl)cc2Cl)c1-c1ccc(Cl)cc1. The number of piperidine rings is 1. The second kappa shape index (κ2) is 10.9. The molecule has 7 nitrogen and oxygen atoms in total. The van der Waals surface area contributed by atoms with Crippen molar-refractivity contribution in [2.45, 2.75) is 77.1 Å². The first-order valence-corrected chi connectivity index (χ1v) is 14.6. The highest BCUT2D eigenvalue weighted by atomic mass is 35.5. The van der Waals surface area contributed by atoms with E-state index in [1.54, 1.807) is 39.9 Å². The topological polar surface area (TPSA) is 67.7 Å². The normalized spacial score (nSPS) is 20.5. The van der Waals surface area contributed by atoms with Gasteiger partial charge in [-0.25, -0.2) is 9.48 Å². The van der Waals surface area contributed by atoms with Crippen molar-refractivity contribution in [3.8, 4) is 16.9 Å². The Balaban J connectivity index is 1.46. The van der Waals surface area contributed by atoms with Crippen LogP contribution < -0.4 is 0 Å². The number of amides is 2. The maximum Gasteiger partial charge on any atom is 0.410 e. The highest BCUT2D eigenvalue weighted by Crippen LogP contribution is 2.39. The van der Waals surface area contributed by atoms with Crippen LogP contribution in [0.1, 0.15) is 62.5 Å². The Labute approximate surface area is 249 Å². The summed E-state index contributed by atoms with van der Waals surface area (Å²) in [5.74, 6) is -0.174. The molecule has 3 atom stereocenters. The summed E-state index contributed by atoms with van der Waals surface area (Å²) in [4.78, 5) is 30.6. The molecule has 2 bridgehead atoms. The number of hydrogen-bond acceptors (Lipinski definition) is 4. The first-order chi connectivity index (χ1) is 18.8. The first kappa shape index (κ1) is 28.8. The number of aromatic nitrogens is 2. The van der Waals surface area contributed by atoms with Crippen LogP contribution in [-0.2, 0) is 4.74 Å². The van der Waals surface area contributed by atoms with Crippen molar-refractivity contribution >= 4 is 46.8 Å². The molecule has 2 saturated heterocycles. The van der Waals surface area contributed by atoms with Gasteiger partial charge in [-0.05, 0) is 83.7 Å². The van der Waals surface area contributed by atoms with E-state index in [4.69, 9.17) is 44.6 Å². The van der Waals surface area contributed by atoms with Crippen molar-refractivity contribution in [3.05, 3.63) is 68.8 Å². The molecular formula is C30H33Cl3N4O3. The number of benzene rings is 2. The number of hydrogen-bond donors (Lipinski definition) is 0. The van der Waals surface area contributed by atoms with Crippen LogP contribution in [0.15, 0.2) is 42.5 Å². The standard InChI is InChI=1S/C30H33Cl3N4O3/c1-17-26(28(38)35(5)23-15-21-11-12-22(16-23)36(21)29(39)40-30(2,3)4)34-37(25-13-10-20(32)14-24(25)33)27(17)18-6-8-19(31)9-7-18/h6-10,13-14,21-23H,11-12,15-16H2,1-5H3/t21-,22+,23?. The van der Waals surface area contributed by atoms with Gasteiger partial charge in [-0.2, -0.15) is 5.10 Å². The Morgan fingerprint density at radius 1 is 0.975 bits per heavy atom. The summed E-state index contributed by atoms with van der Waals surface area (Å²) >= 11 is 18.9. The summed E-state index contributed by atoms with van der Waals surface area (Å²) in [7, 11) is 1.82. The van der Waals surface area contributed by atoms with Crippen molar-refractivity contribution in [1.29, 1.82) is 0 Å². The molecule has 40 heavy (non-hydrogen) atoms. The summed E-state index contributed by atoms with van der Waals surface area (Å²) in [6.45, 7) is 7.53. The molecule has 0 spiro atoms. The van der Waals surface area contributed by atoms with Gasteiger partial charge in [-0.15, -0.1) is 0 Å². The largest absolute Gasteiger partial charge is 0.444 e. The summed E-state index contributed by atoms with van der Waals surface area (Å²) < 4.78 is 7.38. The summed E-state index contributed by atoms with van der Waals surface area (Å²) in [6.07, 6.45) is 2.95. The van der Waals surface area contributed by atoms with Gasteiger partial charge in [0.05, 0.1) is 16.4 Å². The molecule has 3 aromatic rings. The van der Waals surface area contributed by atoms with E-state index < -0.39 is 5.60 Å². The van der Waals surface area contributed by atoms with Crippen molar-refractivity contribution in [3.63, 3.8) is 0 Å². The lowest BCUT2D eigenvalue weighted by Gasteiger charge is -2.42. The van der Waals surface area contributed by atoms with Crippen LogP contribution in [0.25, 0.3) is 16.9 Å². The molecule has 5 rings (SSSR count). The molecule has 2 aromatic carbocycles. The van der Waals surface area contributed by atoms with Crippen LogP contribution in [0.5, 0.6) is 0 Å². The maximum absolute atomic E-state index is 14.0. The Kier molecular flexibility index (Phi) is 7.85. The van der Waals surface area contributed by atoms with E-state index in [0.717, 1.165) is 29.7 Å². The molecule has 1 aromatic heterocycles. The number of nitrogens with zero attached hydrogens (tertiary/aromatic N) is 4. The second-order valence-corrected chi connectivity index (χ2v) is 12.9. The Morgan fingerprint density at radius 2 is 1.57 bits per heavy atom. The van der Waals surface area contributed by atoms with Gasteiger partial charge in [0.2, 0.25) is 0 Å². The zero-order valence-corrected chi connectivity index (χ0v) is 25.5. The van der Waals surface area contributed by atoms with Crippen LogP contribution in [0, 0.1) is 6.92 Å².